The number of benzene rings is 1. The summed E-state index contributed by atoms with van der Waals surface area (Å²) in [5, 5.41) is 6.95. The lowest BCUT2D eigenvalue weighted by Gasteiger charge is -2.00. The van der Waals surface area contributed by atoms with Crippen LogP contribution < -0.4 is 5.73 Å². The Balaban J connectivity index is 2.04. The van der Waals surface area contributed by atoms with Crippen molar-refractivity contribution in [3.8, 4) is 22.5 Å². The molecule has 0 radical (unpaired) electrons. The maximum Gasteiger partial charge on any atom is 0.180 e. The van der Waals surface area contributed by atoms with E-state index >= 15 is 0 Å². The number of aryl methyl sites for hydroxylation is 1. The van der Waals surface area contributed by atoms with Crippen LogP contribution in [0.3, 0.4) is 0 Å². The molecule has 3 rings (SSSR count). The van der Waals surface area contributed by atoms with Gasteiger partial charge in [0.25, 0.3) is 0 Å². The number of nitrogen functional groups attached to an aromatic ring is 1. The number of nitrogens with two attached hydrogens (primary N) is 1. The van der Waals surface area contributed by atoms with Gasteiger partial charge >= 0.3 is 0 Å². The van der Waals surface area contributed by atoms with Gasteiger partial charge in [0.2, 0.25) is 0 Å². The fraction of sp³-hybridized carbons (Fsp3) is 0.0769. The Morgan fingerprint density at radius 3 is 2.56 bits per heavy atom. The van der Waals surface area contributed by atoms with Crippen molar-refractivity contribution in [3.63, 3.8) is 0 Å². The largest absolute Gasteiger partial charge is 0.375 e. The van der Waals surface area contributed by atoms with E-state index in [1.807, 2.05) is 42.9 Å². The predicted molar refractivity (Wildman–Crippen MR) is 74.2 cm³/mol. The fourth-order valence-corrected chi connectivity index (χ4v) is 2.40. The van der Waals surface area contributed by atoms with E-state index in [9.17, 15) is 0 Å². The normalized spacial score (nSPS) is 10.7. The van der Waals surface area contributed by atoms with E-state index < -0.39 is 0 Å². The smallest absolute Gasteiger partial charge is 0.180 e. The topological polar surface area (TPSA) is 56.7 Å². The Morgan fingerprint density at radius 2 is 1.94 bits per heavy atom. The van der Waals surface area contributed by atoms with Crippen LogP contribution in [0.4, 0.5) is 5.13 Å². The summed E-state index contributed by atoms with van der Waals surface area (Å²) < 4.78 is 1.79. The lowest BCUT2D eigenvalue weighted by molar-refractivity contribution is 0.771. The van der Waals surface area contributed by atoms with Crippen molar-refractivity contribution in [2.45, 2.75) is 0 Å². The van der Waals surface area contributed by atoms with Gasteiger partial charge in [-0.2, -0.15) is 5.10 Å². The molecule has 2 N–H and O–H groups in total. The molecule has 2 heterocycles. The molecule has 0 atom stereocenters. The van der Waals surface area contributed by atoms with E-state index in [2.05, 4.69) is 16.1 Å². The number of anilines is 1. The zero-order valence-electron chi connectivity index (χ0n) is 9.87. The Labute approximate surface area is 109 Å². The summed E-state index contributed by atoms with van der Waals surface area (Å²) in [6, 6.07) is 10.2. The first-order chi connectivity index (χ1) is 8.72. The van der Waals surface area contributed by atoms with Gasteiger partial charge in [0, 0.05) is 29.8 Å². The second-order valence-corrected chi connectivity index (χ2v) is 4.92. The van der Waals surface area contributed by atoms with E-state index in [-0.39, 0.29) is 0 Å². The van der Waals surface area contributed by atoms with Gasteiger partial charge in [-0.3, -0.25) is 4.68 Å². The molecule has 0 unspecified atom stereocenters. The highest BCUT2D eigenvalue weighted by molar-refractivity contribution is 7.13. The Bertz CT molecular complexity index is 628. The van der Waals surface area contributed by atoms with Crippen molar-refractivity contribution in [1.82, 2.24) is 14.8 Å². The number of nitrogens with zero attached hydrogens (tertiary/aromatic N) is 3. The quantitative estimate of drug-likeness (QED) is 0.767. The molecule has 0 aliphatic rings. The number of aromatic nitrogens is 3. The maximum atomic E-state index is 5.66. The molecule has 0 spiro atoms. The molecule has 5 heteroatoms. The molecule has 0 aliphatic carbocycles. The molecular weight excluding hydrogens is 244 g/mol. The number of rotatable bonds is 2. The number of thiazole rings is 1. The molecule has 0 aliphatic heterocycles. The summed E-state index contributed by atoms with van der Waals surface area (Å²) in [6.45, 7) is 0. The van der Waals surface area contributed by atoms with E-state index in [0.717, 1.165) is 22.5 Å². The van der Waals surface area contributed by atoms with Crippen molar-refractivity contribution in [3.05, 3.63) is 41.9 Å². The van der Waals surface area contributed by atoms with E-state index in [1.54, 1.807) is 4.68 Å². The maximum absolute atomic E-state index is 5.66. The van der Waals surface area contributed by atoms with E-state index in [0.29, 0.717) is 5.13 Å². The van der Waals surface area contributed by atoms with Crippen LogP contribution in [0.1, 0.15) is 0 Å². The van der Waals surface area contributed by atoms with Crippen LogP contribution in [-0.4, -0.2) is 14.8 Å². The van der Waals surface area contributed by atoms with Crippen LogP contribution in [0.2, 0.25) is 0 Å². The van der Waals surface area contributed by atoms with Crippen LogP contribution in [0.15, 0.2) is 41.9 Å². The molecule has 3 aromatic rings. The van der Waals surface area contributed by atoms with Gasteiger partial charge in [0.05, 0.1) is 11.4 Å². The van der Waals surface area contributed by atoms with Gasteiger partial charge in [0.15, 0.2) is 5.13 Å². The highest BCUT2D eigenvalue weighted by Crippen LogP contribution is 2.27. The third-order valence-corrected chi connectivity index (χ3v) is 3.36. The van der Waals surface area contributed by atoms with Gasteiger partial charge in [-0.25, -0.2) is 4.98 Å². The summed E-state index contributed by atoms with van der Waals surface area (Å²) in [7, 11) is 1.91. The minimum absolute atomic E-state index is 0.591. The highest BCUT2D eigenvalue weighted by atomic mass is 32.1. The van der Waals surface area contributed by atoms with Crippen molar-refractivity contribution < 1.29 is 0 Å². The molecule has 0 saturated carbocycles. The molecule has 2 aromatic heterocycles. The molecular formula is C13H12N4S. The minimum Gasteiger partial charge on any atom is -0.375 e. The first-order valence-electron chi connectivity index (χ1n) is 5.54. The molecule has 4 nitrogen and oxygen atoms in total. The Hall–Kier alpha value is -2.14. The average Bonchev–Trinajstić information content (AvgIpc) is 2.98. The second kappa shape index (κ2) is 4.27. The molecule has 0 bridgehead atoms. The van der Waals surface area contributed by atoms with Gasteiger partial charge in [0.1, 0.15) is 0 Å². The third kappa shape index (κ3) is 2.00. The molecule has 90 valence electrons. The molecule has 0 amide bonds. The zero-order chi connectivity index (χ0) is 12.5. The van der Waals surface area contributed by atoms with E-state index in [4.69, 9.17) is 5.73 Å². The Kier molecular flexibility index (Phi) is 2.60. The number of hydrogen-bond donors (Lipinski definition) is 1. The fourth-order valence-electron chi connectivity index (χ4n) is 1.83. The summed E-state index contributed by atoms with van der Waals surface area (Å²) in [5.74, 6) is 0. The second-order valence-electron chi connectivity index (χ2n) is 4.03. The van der Waals surface area contributed by atoms with Crippen LogP contribution >= 0.6 is 11.3 Å². The standard InChI is InChI=1S/C13H12N4S/c1-17-6-5-11(16-17)9-3-2-4-10(7-9)12-8-18-13(14)15-12/h2-8H,1H3,(H2,14,15). The van der Waals surface area contributed by atoms with Crippen molar-refractivity contribution >= 4 is 16.5 Å². The monoisotopic (exact) mass is 256 g/mol. The van der Waals surface area contributed by atoms with Crippen LogP contribution in [0.25, 0.3) is 22.5 Å². The van der Waals surface area contributed by atoms with Crippen molar-refractivity contribution in [2.24, 2.45) is 7.05 Å². The Morgan fingerprint density at radius 1 is 1.17 bits per heavy atom. The van der Waals surface area contributed by atoms with Gasteiger partial charge < -0.3 is 5.73 Å². The van der Waals surface area contributed by atoms with Crippen molar-refractivity contribution in [1.29, 1.82) is 0 Å². The first-order valence-corrected chi connectivity index (χ1v) is 6.42. The molecule has 18 heavy (non-hydrogen) atoms. The summed E-state index contributed by atoms with van der Waals surface area (Å²) in [4.78, 5) is 4.29. The minimum atomic E-state index is 0.591. The summed E-state index contributed by atoms with van der Waals surface area (Å²) in [5.41, 5.74) is 9.68. The van der Waals surface area contributed by atoms with Crippen LogP contribution in [-0.2, 0) is 7.05 Å². The highest BCUT2D eigenvalue weighted by Gasteiger charge is 2.06. The van der Waals surface area contributed by atoms with Gasteiger partial charge in [-0.05, 0) is 12.1 Å². The third-order valence-electron chi connectivity index (χ3n) is 2.69. The first kappa shape index (κ1) is 11.0. The molecule has 0 fully saturated rings. The SMILES string of the molecule is Cn1ccc(-c2cccc(-c3csc(N)n3)c2)n1. The van der Waals surface area contributed by atoms with Gasteiger partial charge in [-0.15, -0.1) is 11.3 Å². The lowest BCUT2D eigenvalue weighted by Crippen LogP contribution is -1.88. The summed E-state index contributed by atoms with van der Waals surface area (Å²) >= 11 is 1.45. The molecule has 1 aromatic carbocycles. The van der Waals surface area contributed by atoms with Gasteiger partial charge in [-0.1, -0.05) is 18.2 Å². The lowest BCUT2D eigenvalue weighted by atomic mass is 10.1. The molecule has 0 saturated heterocycles. The predicted octanol–water partition coefficient (Wildman–Crippen LogP) is 2.79. The van der Waals surface area contributed by atoms with Crippen LogP contribution in [0.5, 0.6) is 0 Å². The zero-order valence-corrected chi connectivity index (χ0v) is 10.7. The number of hydrogen-bond acceptors (Lipinski definition) is 4. The van der Waals surface area contributed by atoms with Crippen LogP contribution in [0, 0.1) is 0 Å². The van der Waals surface area contributed by atoms with Crippen molar-refractivity contribution in [2.75, 3.05) is 5.73 Å². The average molecular weight is 256 g/mol. The van der Waals surface area contributed by atoms with E-state index in [1.165, 1.54) is 11.3 Å². The summed E-state index contributed by atoms with van der Waals surface area (Å²) in [6.07, 6.45) is 1.93.